The molecule has 0 heterocycles. The summed E-state index contributed by atoms with van der Waals surface area (Å²) in [5.74, 6) is -0.968. The number of halogens is 6. The number of sulfonamides is 1. The van der Waals surface area contributed by atoms with Crippen molar-refractivity contribution in [2.75, 3.05) is 0 Å². The van der Waals surface area contributed by atoms with Crippen molar-refractivity contribution < 1.29 is 39.5 Å². The first-order valence-electron chi connectivity index (χ1n) is 4.76. The molecule has 0 aliphatic heterocycles. The van der Waals surface area contributed by atoms with Gasteiger partial charge in [-0.25, -0.2) is 13.6 Å². The molecule has 0 aliphatic rings. The van der Waals surface area contributed by atoms with E-state index in [2.05, 4.69) is 4.74 Å². The first-order valence-corrected chi connectivity index (χ1v) is 6.31. The lowest BCUT2D eigenvalue weighted by atomic mass is 10.1. The van der Waals surface area contributed by atoms with Gasteiger partial charge >= 0.3 is 12.5 Å². The fourth-order valence-electron chi connectivity index (χ4n) is 1.38. The summed E-state index contributed by atoms with van der Waals surface area (Å²) in [6, 6.07) is 1.42. The zero-order valence-electron chi connectivity index (χ0n) is 9.42. The Morgan fingerprint density at radius 1 is 1.10 bits per heavy atom. The van der Waals surface area contributed by atoms with Crippen molar-refractivity contribution in [2.24, 2.45) is 5.14 Å². The molecule has 0 saturated carbocycles. The highest BCUT2D eigenvalue weighted by atomic mass is 32.2. The normalized spacial score (nSPS) is 13.3. The van der Waals surface area contributed by atoms with E-state index < -0.39 is 45.2 Å². The van der Waals surface area contributed by atoms with Crippen LogP contribution in [0.3, 0.4) is 0 Å². The summed E-state index contributed by atoms with van der Waals surface area (Å²) < 4.78 is 98.3. The molecular weight excluding hydrogens is 316 g/mol. The first kappa shape index (κ1) is 16.6. The summed E-state index contributed by atoms with van der Waals surface area (Å²) in [6.07, 6.45) is -11.7. The second-order valence-corrected chi connectivity index (χ2v) is 5.18. The highest BCUT2D eigenvalue weighted by Gasteiger charge is 2.34. The van der Waals surface area contributed by atoms with E-state index in [1.807, 2.05) is 0 Å². The van der Waals surface area contributed by atoms with E-state index in [9.17, 15) is 34.8 Å². The first-order chi connectivity index (χ1) is 8.78. The van der Waals surface area contributed by atoms with Gasteiger partial charge < -0.3 is 4.74 Å². The van der Waals surface area contributed by atoms with Crippen LogP contribution in [0.25, 0.3) is 0 Å². The summed E-state index contributed by atoms with van der Waals surface area (Å²) in [7, 11) is -4.50. The number of nitrogens with two attached hydrogens (primary N) is 1. The van der Waals surface area contributed by atoms with E-state index in [0.717, 1.165) is 0 Å². The van der Waals surface area contributed by atoms with Gasteiger partial charge in [-0.05, 0) is 23.8 Å². The number of alkyl halides is 6. The van der Waals surface area contributed by atoms with Crippen LogP contribution in [0.4, 0.5) is 26.3 Å². The maximum absolute atomic E-state index is 12.3. The summed E-state index contributed by atoms with van der Waals surface area (Å²) >= 11 is 0. The van der Waals surface area contributed by atoms with Gasteiger partial charge in [-0.15, -0.1) is 13.2 Å². The Kier molecular flexibility index (Phi) is 4.25. The maximum atomic E-state index is 12.3. The summed E-state index contributed by atoms with van der Waals surface area (Å²) in [4.78, 5) is -0.913. The summed E-state index contributed by atoms with van der Waals surface area (Å²) in [5, 5.41) is 4.70. The molecule has 1 rings (SSSR count). The Morgan fingerprint density at radius 2 is 1.65 bits per heavy atom. The largest absolute Gasteiger partial charge is 0.573 e. The molecule has 114 valence electrons. The minimum atomic E-state index is -5.11. The van der Waals surface area contributed by atoms with Crippen LogP contribution in [0.5, 0.6) is 5.75 Å². The van der Waals surface area contributed by atoms with Crippen molar-refractivity contribution in [3.63, 3.8) is 0 Å². The van der Waals surface area contributed by atoms with Gasteiger partial charge in [-0.2, -0.15) is 13.2 Å². The van der Waals surface area contributed by atoms with Crippen LogP contribution < -0.4 is 9.88 Å². The molecule has 0 spiro atoms. The van der Waals surface area contributed by atoms with E-state index in [4.69, 9.17) is 5.14 Å². The SMILES string of the molecule is NS(=O)(=O)c1ccc(OC(F)(F)F)cc1CC(F)(F)F. The molecule has 0 radical (unpaired) electrons. The predicted octanol–water partition coefficient (Wildman–Crippen LogP) is 2.34. The van der Waals surface area contributed by atoms with Crippen LogP contribution in [0.2, 0.25) is 0 Å². The summed E-state index contributed by atoms with van der Waals surface area (Å²) in [6.45, 7) is 0. The molecule has 0 aliphatic carbocycles. The second kappa shape index (κ2) is 5.13. The molecule has 2 N–H and O–H groups in total. The van der Waals surface area contributed by atoms with Crippen LogP contribution in [-0.4, -0.2) is 21.0 Å². The van der Waals surface area contributed by atoms with Gasteiger partial charge in [0.05, 0.1) is 11.3 Å². The zero-order valence-corrected chi connectivity index (χ0v) is 10.2. The van der Waals surface area contributed by atoms with Crippen molar-refractivity contribution in [3.8, 4) is 5.75 Å². The van der Waals surface area contributed by atoms with E-state index >= 15 is 0 Å². The fraction of sp³-hybridized carbons (Fsp3) is 0.333. The number of benzene rings is 1. The molecule has 1 aromatic carbocycles. The Labute approximate surface area is 109 Å². The third-order valence-corrected chi connectivity index (χ3v) is 2.97. The smallest absolute Gasteiger partial charge is 0.406 e. The molecule has 1 aromatic rings. The van der Waals surface area contributed by atoms with Gasteiger partial charge in [0.1, 0.15) is 5.75 Å². The molecule has 0 atom stereocenters. The lowest BCUT2D eigenvalue weighted by Gasteiger charge is -2.14. The second-order valence-electron chi connectivity index (χ2n) is 3.65. The lowest BCUT2D eigenvalue weighted by Crippen LogP contribution is -2.20. The van der Waals surface area contributed by atoms with Crippen molar-refractivity contribution in [2.45, 2.75) is 23.9 Å². The van der Waals surface area contributed by atoms with Gasteiger partial charge in [0.15, 0.2) is 0 Å². The maximum Gasteiger partial charge on any atom is 0.573 e. The monoisotopic (exact) mass is 323 g/mol. The third kappa shape index (κ3) is 5.25. The quantitative estimate of drug-likeness (QED) is 0.868. The molecule has 20 heavy (non-hydrogen) atoms. The van der Waals surface area contributed by atoms with Crippen LogP contribution in [-0.2, 0) is 16.4 Å². The van der Waals surface area contributed by atoms with E-state index in [1.165, 1.54) is 0 Å². The predicted molar refractivity (Wildman–Crippen MR) is 54.3 cm³/mol. The molecule has 0 aromatic heterocycles. The standard InChI is InChI=1S/C9H7F6NO3S/c10-8(11,12)4-5-3-6(19-9(13,14)15)1-2-7(5)20(16,17)18/h1-3H,4H2,(H2,16,17,18). The van der Waals surface area contributed by atoms with Gasteiger partial charge in [0.2, 0.25) is 10.0 Å². The van der Waals surface area contributed by atoms with Gasteiger partial charge in [0, 0.05) is 0 Å². The third-order valence-electron chi connectivity index (χ3n) is 1.96. The highest BCUT2D eigenvalue weighted by molar-refractivity contribution is 7.89. The number of ether oxygens (including phenoxy) is 1. The molecule has 11 heteroatoms. The number of hydrogen-bond acceptors (Lipinski definition) is 3. The molecule has 0 unspecified atom stereocenters. The van der Waals surface area contributed by atoms with Crippen molar-refractivity contribution in [3.05, 3.63) is 23.8 Å². The number of primary sulfonamides is 1. The minimum Gasteiger partial charge on any atom is -0.406 e. The zero-order chi connectivity index (χ0) is 15.8. The molecule has 0 amide bonds. The van der Waals surface area contributed by atoms with E-state index in [1.54, 1.807) is 0 Å². The average molecular weight is 323 g/mol. The van der Waals surface area contributed by atoms with Gasteiger partial charge in [0.25, 0.3) is 0 Å². The van der Waals surface area contributed by atoms with Crippen LogP contribution >= 0.6 is 0 Å². The van der Waals surface area contributed by atoms with Crippen molar-refractivity contribution >= 4 is 10.0 Å². The Hall–Kier alpha value is -1.49. The van der Waals surface area contributed by atoms with Crippen LogP contribution in [0.1, 0.15) is 5.56 Å². The number of rotatable bonds is 3. The topological polar surface area (TPSA) is 69.4 Å². The molecule has 0 fully saturated rings. The van der Waals surface area contributed by atoms with Crippen molar-refractivity contribution in [1.82, 2.24) is 0 Å². The number of hydrogen-bond donors (Lipinski definition) is 1. The Bertz CT molecular complexity index is 593. The Morgan fingerprint density at radius 3 is 2.05 bits per heavy atom. The van der Waals surface area contributed by atoms with Gasteiger partial charge in [-0.3, -0.25) is 0 Å². The highest BCUT2D eigenvalue weighted by Crippen LogP contribution is 2.30. The molecule has 4 nitrogen and oxygen atoms in total. The van der Waals surface area contributed by atoms with Crippen LogP contribution in [0, 0.1) is 0 Å². The lowest BCUT2D eigenvalue weighted by molar-refractivity contribution is -0.274. The molecule has 0 bridgehead atoms. The van der Waals surface area contributed by atoms with E-state index in [-0.39, 0.29) is 0 Å². The molecular formula is C9H7F6NO3S. The summed E-state index contributed by atoms with van der Waals surface area (Å²) in [5.41, 5.74) is -0.929. The van der Waals surface area contributed by atoms with E-state index in [0.29, 0.717) is 18.2 Å². The fourth-order valence-corrected chi connectivity index (χ4v) is 2.14. The van der Waals surface area contributed by atoms with Crippen molar-refractivity contribution in [1.29, 1.82) is 0 Å². The average Bonchev–Trinajstić information content (AvgIpc) is 2.09. The Balaban J connectivity index is 3.29. The minimum absolute atomic E-state index is 0.334. The molecule has 0 saturated heterocycles. The van der Waals surface area contributed by atoms with Gasteiger partial charge in [-0.1, -0.05) is 0 Å². The van der Waals surface area contributed by atoms with Crippen LogP contribution in [0.15, 0.2) is 23.1 Å².